The Balaban J connectivity index is 2.45. The molecule has 0 bridgehead atoms. The van der Waals surface area contributed by atoms with Gasteiger partial charge in [-0.3, -0.25) is 14.9 Å². The van der Waals surface area contributed by atoms with Crippen molar-refractivity contribution in [1.82, 2.24) is 0 Å². The van der Waals surface area contributed by atoms with Gasteiger partial charge >= 0.3 is 0 Å². The number of furan rings is 1. The van der Waals surface area contributed by atoms with Gasteiger partial charge in [-0.25, -0.2) is 0 Å². The Morgan fingerprint density at radius 1 is 1.56 bits per heavy atom. The van der Waals surface area contributed by atoms with Crippen molar-refractivity contribution in [2.24, 2.45) is 0 Å². The second kappa shape index (κ2) is 3.92. The highest BCUT2D eigenvalue weighted by Crippen LogP contribution is 2.39. The molecule has 0 fully saturated rings. The van der Waals surface area contributed by atoms with E-state index in [1.165, 1.54) is 6.26 Å². The lowest BCUT2D eigenvalue weighted by Crippen LogP contribution is -2.46. The standard InChI is InChI=1S/C11H11NO4/c13-8-11(12(14)15)6-2-1-4-9(11)10-5-3-7-16-10/h1-3,5,7-9H,4,6H2. The van der Waals surface area contributed by atoms with Gasteiger partial charge in [-0.2, -0.15) is 0 Å². The van der Waals surface area contributed by atoms with E-state index in [-0.39, 0.29) is 6.42 Å². The Hall–Kier alpha value is -1.91. The van der Waals surface area contributed by atoms with Crippen molar-refractivity contribution in [3.8, 4) is 0 Å². The van der Waals surface area contributed by atoms with Crippen LogP contribution in [0.4, 0.5) is 0 Å². The number of hydrogen-bond acceptors (Lipinski definition) is 4. The molecule has 0 saturated heterocycles. The first-order valence-electron chi connectivity index (χ1n) is 5.00. The molecule has 1 aromatic rings. The van der Waals surface area contributed by atoms with Gasteiger partial charge in [0.1, 0.15) is 5.76 Å². The first-order chi connectivity index (χ1) is 7.70. The molecule has 0 aliphatic heterocycles. The van der Waals surface area contributed by atoms with Gasteiger partial charge in [0.2, 0.25) is 0 Å². The number of nitro groups is 1. The molecule has 0 aromatic carbocycles. The van der Waals surface area contributed by atoms with Gasteiger partial charge in [-0.15, -0.1) is 0 Å². The summed E-state index contributed by atoms with van der Waals surface area (Å²) in [5.41, 5.74) is -1.58. The smallest absolute Gasteiger partial charge is 0.289 e. The monoisotopic (exact) mass is 221 g/mol. The number of aldehydes is 1. The molecule has 0 radical (unpaired) electrons. The molecule has 1 aliphatic rings. The second-order valence-corrected chi connectivity index (χ2v) is 3.85. The third-order valence-corrected chi connectivity index (χ3v) is 3.02. The Bertz CT molecular complexity index is 423. The number of hydrogen-bond donors (Lipinski definition) is 0. The van der Waals surface area contributed by atoms with Crippen LogP contribution in [0.15, 0.2) is 35.0 Å². The molecule has 5 nitrogen and oxygen atoms in total. The summed E-state index contributed by atoms with van der Waals surface area (Å²) in [6, 6.07) is 3.34. The fourth-order valence-corrected chi connectivity index (χ4v) is 2.08. The molecule has 2 unspecified atom stereocenters. The maximum Gasteiger partial charge on any atom is 0.289 e. The van der Waals surface area contributed by atoms with E-state index in [0.717, 1.165) is 0 Å². The van der Waals surface area contributed by atoms with Crippen molar-refractivity contribution < 1.29 is 14.1 Å². The van der Waals surface area contributed by atoms with Crippen molar-refractivity contribution >= 4 is 6.29 Å². The third-order valence-electron chi connectivity index (χ3n) is 3.02. The van der Waals surface area contributed by atoms with E-state index >= 15 is 0 Å². The average Bonchev–Trinajstić information content (AvgIpc) is 2.81. The molecule has 1 heterocycles. The lowest BCUT2D eigenvalue weighted by atomic mass is 9.76. The van der Waals surface area contributed by atoms with E-state index in [9.17, 15) is 14.9 Å². The van der Waals surface area contributed by atoms with E-state index < -0.39 is 16.4 Å². The molecule has 0 amide bonds. The van der Waals surface area contributed by atoms with E-state index in [1.54, 1.807) is 18.2 Å². The summed E-state index contributed by atoms with van der Waals surface area (Å²) in [7, 11) is 0. The fraction of sp³-hybridized carbons (Fsp3) is 0.364. The van der Waals surface area contributed by atoms with Crippen LogP contribution < -0.4 is 0 Å². The van der Waals surface area contributed by atoms with Crippen LogP contribution in [0.1, 0.15) is 24.5 Å². The van der Waals surface area contributed by atoms with Gasteiger partial charge in [0.15, 0.2) is 6.29 Å². The van der Waals surface area contributed by atoms with Crippen LogP contribution in [0.3, 0.4) is 0 Å². The van der Waals surface area contributed by atoms with Crippen LogP contribution in [0.2, 0.25) is 0 Å². The van der Waals surface area contributed by atoms with Gasteiger partial charge in [0.25, 0.3) is 5.54 Å². The summed E-state index contributed by atoms with van der Waals surface area (Å²) >= 11 is 0. The number of nitrogens with zero attached hydrogens (tertiary/aromatic N) is 1. The summed E-state index contributed by atoms with van der Waals surface area (Å²) in [6.07, 6.45) is 5.99. The van der Waals surface area contributed by atoms with Crippen molar-refractivity contribution in [1.29, 1.82) is 0 Å². The Morgan fingerprint density at radius 2 is 2.38 bits per heavy atom. The predicted molar refractivity (Wildman–Crippen MR) is 55.6 cm³/mol. The molecule has 84 valence electrons. The van der Waals surface area contributed by atoms with Gasteiger partial charge in [0, 0.05) is 11.3 Å². The molecule has 1 aliphatic carbocycles. The van der Waals surface area contributed by atoms with Crippen LogP contribution in [-0.4, -0.2) is 16.7 Å². The van der Waals surface area contributed by atoms with Crippen molar-refractivity contribution in [3.05, 3.63) is 46.4 Å². The van der Waals surface area contributed by atoms with Gasteiger partial charge in [-0.05, 0) is 18.6 Å². The zero-order chi connectivity index (χ0) is 11.6. The van der Waals surface area contributed by atoms with Crippen LogP contribution in [0.5, 0.6) is 0 Å². The van der Waals surface area contributed by atoms with Crippen LogP contribution in [0.25, 0.3) is 0 Å². The number of carbonyl (C=O) groups is 1. The average molecular weight is 221 g/mol. The highest BCUT2D eigenvalue weighted by atomic mass is 16.6. The highest BCUT2D eigenvalue weighted by molar-refractivity contribution is 5.65. The van der Waals surface area contributed by atoms with Crippen molar-refractivity contribution in [3.63, 3.8) is 0 Å². The molecule has 0 saturated carbocycles. The number of allylic oxidation sites excluding steroid dienone is 1. The largest absolute Gasteiger partial charge is 0.469 e. The van der Waals surface area contributed by atoms with E-state index in [0.29, 0.717) is 18.5 Å². The minimum Gasteiger partial charge on any atom is -0.469 e. The first kappa shape index (κ1) is 10.6. The maximum atomic E-state index is 11.1. The summed E-state index contributed by atoms with van der Waals surface area (Å²) < 4.78 is 5.18. The lowest BCUT2D eigenvalue weighted by Gasteiger charge is -2.28. The minimum atomic E-state index is -1.58. The number of carbonyl (C=O) groups excluding carboxylic acids is 1. The molecule has 1 aromatic heterocycles. The molecule has 0 spiro atoms. The van der Waals surface area contributed by atoms with Crippen LogP contribution in [-0.2, 0) is 4.79 Å². The summed E-state index contributed by atoms with van der Waals surface area (Å²) in [5.74, 6) is -0.0202. The zero-order valence-electron chi connectivity index (χ0n) is 8.54. The SMILES string of the molecule is O=CC1([N+](=O)[O-])CC=CCC1c1ccco1. The molecule has 0 N–H and O–H groups in total. The van der Waals surface area contributed by atoms with Crippen molar-refractivity contribution in [2.75, 3.05) is 0 Å². The molecule has 5 heteroatoms. The lowest BCUT2D eigenvalue weighted by molar-refractivity contribution is -0.554. The molecule has 2 atom stereocenters. The maximum absolute atomic E-state index is 11.1. The zero-order valence-corrected chi connectivity index (χ0v) is 8.54. The van der Waals surface area contributed by atoms with Crippen LogP contribution in [0, 0.1) is 10.1 Å². The molecular formula is C11H11NO4. The Morgan fingerprint density at radius 3 is 2.94 bits per heavy atom. The second-order valence-electron chi connectivity index (χ2n) is 3.85. The molecular weight excluding hydrogens is 210 g/mol. The fourth-order valence-electron chi connectivity index (χ4n) is 2.08. The minimum absolute atomic E-state index is 0.120. The first-order valence-corrected chi connectivity index (χ1v) is 5.00. The topological polar surface area (TPSA) is 73.3 Å². The quantitative estimate of drug-likeness (QED) is 0.338. The molecule has 16 heavy (non-hydrogen) atoms. The van der Waals surface area contributed by atoms with E-state index in [2.05, 4.69) is 0 Å². The Labute approximate surface area is 91.9 Å². The summed E-state index contributed by atoms with van der Waals surface area (Å²) in [4.78, 5) is 21.7. The third kappa shape index (κ3) is 1.44. The van der Waals surface area contributed by atoms with Gasteiger partial charge in [-0.1, -0.05) is 12.2 Å². The van der Waals surface area contributed by atoms with E-state index in [1.807, 2.05) is 6.08 Å². The summed E-state index contributed by atoms with van der Waals surface area (Å²) in [5, 5.41) is 11.1. The Kier molecular flexibility index (Phi) is 2.60. The van der Waals surface area contributed by atoms with Gasteiger partial charge in [0.05, 0.1) is 12.2 Å². The molecule has 2 rings (SSSR count). The highest BCUT2D eigenvalue weighted by Gasteiger charge is 2.52. The van der Waals surface area contributed by atoms with Crippen LogP contribution >= 0.6 is 0 Å². The predicted octanol–water partition coefficient (Wildman–Crippen LogP) is 1.93. The summed E-state index contributed by atoms with van der Waals surface area (Å²) in [6.45, 7) is 0. The van der Waals surface area contributed by atoms with E-state index in [4.69, 9.17) is 4.42 Å². The van der Waals surface area contributed by atoms with Crippen molar-refractivity contribution in [2.45, 2.75) is 24.3 Å². The number of rotatable bonds is 3. The normalized spacial score (nSPS) is 28.9. The van der Waals surface area contributed by atoms with Gasteiger partial charge < -0.3 is 4.42 Å².